The second-order valence-corrected chi connectivity index (χ2v) is 7.07. The van der Waals surface area contributed by atoms with Crippen LogP contribution in [-0.4, -0.2) is 43.7 Å². The van der Waals surface area contributed by atoms with Gasteiger partial charge in [-0.2, -0.15) is 13.2 Å². The van der Waals surface area contributed by atoms with Crippen molar-refractivity contribution in [2.24, 2.45) is 0 Å². The SMILES string of the molecule is O=C(c1ccn2nncc2c1)N1CCCC(c2nc(C(F)(F)F)cs2)C1. The Hall–Kier alpha value is -2.49. The second-order valence-electron chi connectivity index (χ2n) is 6.18. The predicted molar refractivity (Wildman–Crippen MR) is 88.0 cm³/mol. The second kappa shape index (κ2) is 6.35. The van der Waals surface area contributed by atoms with Crippen LogP contribution in [0.2, 0.25) is 0 Å². The van der Waals surface area contributed by atoms with Crippen molar-refractivity contribution in [3.63, 3.8) is 0 Å². The monoisotopic (exact) mass is 381 g/mol. The van der Waals surface area contributed by atoms with Crippen LogP contribution in [0.5, 0.6) is 0 Å². The molecule has 136 valence electrons. The normalized spacial score (nSPS) is 18.4. The zero-order valence-corrected chi connectivity index (χ0v) is 14.3. The predicted octanol–water partition coefficient (Wildman–Crippen LogP) is 3.22. The standard InChI is InChI=1S/C16H14F3N5OS/c17-16(18,19)13-9-26-14(21-13)11-2-1-4-23(8-11)15(25)10-3-5-24-12(6-10)7-20-22-24/h3,5-7,9,11H,1-2,4,8H2. The van der Waals surface area contributed by atoms with Crippen molar-refractivity contribution in [3.8, 4) is 0 Å². The number of hydrogen-bond donors (Lipinski definition) is 0. The minimum absolute atomic E-state index is 0.147. The lowest BCUT2D eigenvalue weighted by Crippen LogP contribution is -2.39. The van der Waals surface area contributed by atoms with Gasteiger partial charge >= 0.3 is 6.18 Å². The summed E-state index contributed by atoms with van der Waals surface area (Å²) in [6.45, 7) is 0.946. The zero-order chi connectivity index (χ0) is 18.3. The molecule has 0 aliphatic carbocycles. The molecule has 0 radical (unpaired) electrons. The summed E-state index contributed by atoms with van der Waals surface area (Å²) in [5, 5.41) is 9.10. The van der Waals surface area contributed by atoms with Crippen molar-refractivity contribution >= 4 is 22.8 Å². The first-order valence-corrected chi connectivity index (χ1v) is 8.92. The summed E-state index contributed by atoms with van der Waals surface area (Å²) in [5.41, 5.74) is 0.356. The van der Waals surface area contributed by atoms with Crippen molar-refractivity contribution in [1.82, 2.24) is 24.7 Å². The molecule has 1 aliphatic heterocycles. The number of rotatable bonds is 2. The van der Waals surface area contributed by atoms with Crippen molar-refractivity contribution in [2.45, 2.75) is 24.9 Å². The minimum atomic E-state index is -4.44. The van der Waals surface area contributed by atoms with Gasteiger partial charge in [-0.1, -0.05) is 5.21 Å². The third-order valence-corrected chi connectivity index (χ3v) is 5.43. The summed E-state index contributed by atoms with van der Waals surface area (Å²) in [5.74, 6) is -0.319. The Labute approximate surface area is 150 Å². The number of hydrogen-bond acceptors (Lipinski definition) is 5. The van der Waals surface area contributed by atoms with Crippen LogP contribution in [0, 0.1) is 0 Å². The van der Waals surface area contributed by atoms with E-state index < -0.39 is 11.9 Å². The summed E-state index contributed by atoms with van der Waals surface area (Å²) in [7, 11) is 0. The number of piperidine rings is 1. The number of pyridine rings is 1. The molecule has 0 bridgehead atoms. The Balaban J connectivity index is 1.52. The van der Waals surface area contributed by atoms with E-state index in [2.05, 4.69) is 15.3 Å². The van der Waals surface area contributed by atoms with Crippen molar-refractivity contribution in [3.05, 3.63) is 46.2 Å². The van der Waals surface area contributed by atoms with Crippen LogP contribution in [0.15, 0.2) is 29.9 Å². The van der Waals surface area contributed by atoms with Crippen LogP contribution < -0.4 is 0 Å². The number of nitrogens with zero attached hydrogens (tertiary/aromatic N) is 5. The molecule has 1 atom stereocenters. The highest BCUT2D eigenvalue weighted by molar-refractivity contribution is 7.09. The van der Waals surface area contributed by atoms with E-state index in [1.54, 1.807) is 33.9 Å². The Morgan fingerprint density at radius 2 is 2.19 bits per heavy atom. The highest BCUT2D eigenvalue weighted by atomic mass is 32.1. The fourth-order valence-corrected chi connectivity index (χ4v) is 4.07. The molecule has 0 saturated carbocycles. The van der Waals surface area contributed by atoms with E-state index >= 15 is 0 Å². The lowest BCUT2D eigenvalue weighted by atomic mass is 9.98. The van der Waals surface area contributed by atoms with Gasteiger partial charge < -0.3 is 4.90 Å². The maximum Gasteiger partial charge on any atom is 0.434 e. The van der Waals surface area contributed by atoms with Gasteiger partial charge in [0.2, 0.25) is 0 Å². The fraction of sp³-hybridized carbons (Fsp3) is 0.375. The molecular weight excluding hydrogens is 367 g/mol. The first-order chi connectivity index (χ1) is 12.4. The first-order valence-electron chi connectivity index (χ1n) is 8.04. The Morgan fingerprint density at radius 3 is 2.96 bits per heavy atom. The molecule has 1 saturated heterocycles. The fourth-order valence-electron chi connectivity index (χ4n) is 3.11. The highest BCUT2D eigenvalue weighted by Gasteiger charge is 2.35. The molecule has 6 nitrogen and oxygen atoms in total. The molecule has 0 N–H and O–H groups in total. The van der Waals surface area contributed by atoms with Crippen LogP contribution >= 0.6 is 11.3 Å². The number of aromatic nitrogens is 4. The molecule has 0 aromatic carbocycles. The topological polar surface area (TPSA) is 63.4 Å². The Bertz CT molecular complexity index is 951. The Morgan fingerprint density at radius 1 is 1.35 bits per heavy atom. The van der Waals surface area contributed by atoms with Crippen molar-refractivity contribution in [2.75, 3.05) is 13.1 Å². The summed E-state index contributed by atoms with van der Waals surface area (Å²) in [6.07, 6.45) is 0.235. The van der Waals surface area contributed by atoms with Crippen LogP contribution in [0.1, 0.15) is 39.8 Å². The number of fused-ring (bicyclic) bond motifs is 1. The van der Waals surface area contributed by atoms with Crippen LogP contribution in [0.25, 0.3) is 5.52 Å². The van der Waals surface area contributed by atoms with E-state index in [1.807, 2.05) is 0 Å². The number of likely N-dealkylation sites (tertiary alicyclic amines) is 1. The maximum atomic E-state index is 12.8. The molecule has 1 aliphatic rings. The van der Waals surface area contributed by atoms with E-state index in [0.29, 0.717) is 29.2 Å². The third-order valence-electron chi connectivity index (χ3n) is 4.42. The molecule has 1 unspecified atom stereocenters. The molecule has 1 amide bonds. The summed E-state index contributed by atoms with van der Waals surface area (Å²) in [6, 6.07) is 3.37. The summed E-state index contributed by atoms with van der Waals surface area (Å²) in [4.78, 5) is 18.2. The molecule has 4 rings (SSSR count). The largest absolute Gasteiger partial charge is 0.434 e. The van der Waals surface area contributed by atoms with Gasteiger partial charge in [0, 0.05) is 36.1 Å². The molecule has 4 heterocycles. The first kappa shape index (κ1) is 17.0. The van der Waals surface area contributed by atoms with E-state index in [1.165, 1.54) is 0 Å². The lowest BCUT2D eigenvalue weighted by molar-refractivity contribution is -0.140. The van der Waals surface area contributed by atoms with Gasteiger partial charge in [-0.05, 0) is 25.0 Å². The lowest BCUT2D eigenvalue weighted by Gasteiger charge is -2.32. The van der Waals surface area contributed by atoms with Gasteiger partial charge in [0.1, 0.15) is 0 Å². The zero-order valence-electron chi connectivity index (χ0n) is 13.5. The molecule has 26 heavy (non-hydrogen) atoms. The minimum Gasteiger partial charge on any atom is -0.338 e. The van der Waals surface area contributed by atoms with E-state index in [-0.39, 0.29) is 11.8 Å². The van der Waals surface area contributed by atoms with Gasteiger partial charge in [-0.25, -0.2) is 9.50 Å². The van der Waals surface area contributed by atoms with Crippen molar-refractivity contribution in [1.29, 1.82) is 0 Å². The number of carbonyl (C=O) groups is 1. The van der Waals surface area contributed by atoms with Crippen LogP contribution in [0.4, 0.5) is 13.2 Å². The highest BCUT2D eigenvalue weighted by Crippen LogP contribution is 2.35. The molecular formula is C16H14F3N5OS. The quantitative estimate of drug-likeness (QED) is 0.684. The van der Waals surface area contributed by atoms with Gasteiger partial charge in [0.15, 0.2) is 5.69 Å². The van der Waals surface area contributed by atoms with Crippen molar-refractivity contribution < 1.29 is 18.0 Å². The van der Waals surface area contributed by atoms with Crippen LogP contribution in [0.3, 0.4) is 0 Å². The number of halogens is 3. The number of alkyl halides is 3. The number of thiazole rings is 1. The maximum absolute atomic E-state index is 12.8. The van der Waals surface area contributed by atoms with E-state index in [0.717, 1.165) is 29.6 Å². The average molecular weight is 381 g/mol. The molecule has 3 aromatic heterocycles. The van der Waals surface area contributed by atoms with Crippen LogP contribution in [-0.2, 0) is 6.18 Å². The molecule has 10 heteroatoms. The number of amides is 1. The summed E-state index contributed by atoms with van der Waals surface area (Å²) < 4.78 is 39.8. The average Bonchev–Trinajstić information content (AvgIpc) is 3.29. The van der Waals surface area contributed by atoms with E-state index in [9.17, 15) is 18.0 Å². The molecule has 3 aromatic rings. The Kier molecular flexibility index (Phi) is 4.14. The molecule has 1 fully saturated rings. The van der Waals surface area contributed by atoms with Gasteiger partial charge in [0.05, 0.1) is 16.7 Å². The molecule has 0 spiro atoms. The third kappa shape index (κ3) is 3.16. The number of carbonyl (C=O) groups excluding carboxylic acids is 1. The smallest absolute Gasteiger partial charge is 0.338 e. The van der Waals surface area contributed by atoms with E-state index in [4.69, 9.17) is 0 Å². The van der Waals surface area contributed by atoms with Gasteiger partial charge in [-0.3, -0.25) is 4.79 Å². The summed E-state index contributed by atoms with van der Waals surface area (Å²) >= 11 is 1.01. The van der Waals surface area contributed by atoms with Gasteiger partial charge in [-0.15, -0.1) is 16.4 Å². The van der Waals surface area contributed by atoms with Gasteiger partial charge in [0.25, 0.3) is 5.91 Å².